The van der Waals surface area contributed by atoms with Crippen LogP contribution in [0.3, 0.4) is 0 Å². The van der Waals surface area contributed by atoms with Crippen molar-refractivity contribution in [3.05, 3.63) is 35.2 Å². The molecule has 0 bridgehead atoms. The zero-order valence-corrected chi connectivity index (χ0v) is 17.5. The molecule has 1 fully saturated rings. The molecule has 30 heavy (non-hydrogen) atoms. The number of hydrogen-bond acceptors (Lipinski definition) is 5. The number of alkyl halides is 3. The summed E-state index contributed by atoms with van der Waals surface area (Å²) in [6.45, 7) is 3.31. The Bertz CT molecular complexity index is 847. The number of hydrogen-bond donors (Lipinski definition) is 1. The second-order valence-corrected chi connectivity index (χ2v) is 7.42. The first-order valence-corrected chi connectivity index (χ1v) is 10.0. The van der Waals surface area contributed by atoms with Gasteiger partial charge in [0.25, 0.3) is 0 Å². The van der Waals surface area contributed by atoms with E-state index in [2.05, 4.69) is 20.4 Å². The lowest BCUT2D eigenvalue weighted by Crippen LogP contribution is -2.56. The molecule has 0 saturated carbocycles. The molecule has 1 N–H and O–H groups in total. The second kappa shape index (κ2) is 9.65. The summed E-state index contributed by atoms with van der Waals surface area (Å²) in [6.07, 6.45) is -3.72. The largest absolute Gasteiger partial charge is 0.403 e. The van der Waals surface area contributed by atoms with Crippen LogP contribution in [0.2, 0.25) is 5.02 Å². The van der Waals surface area contributed by atoms with Crippen molar-refractivity contribution in [1.29, 1.82) is 0 Å². The number of rotatable bonds is 5. The van der Waals surface area contributed by atoms with Crippen molar-refractivity contribution in [3.63, 3.8) is 0 Å². The smallest absolute Gasteiger partial charge is 0.356 e. The summed E-state index contributed by atoms with van der Waals surface area (Å²) in [7, 11) is 1.65. The third kappa shape index (κ3) is 5.63. The fraction of sp³-hybridized carbons (Fsp3) is 0.526. The molecule has 1 unspecified atom stereocenters. The van der Waals surface area contributed by atoms with Crippen LogP contribution in [0.5, 0.6) is 0 Å². The van der Waals surface area contributed by atoms with Gasteiger partial charge in [0.1, 0.15) is 6.04 Å². The first kappa shape index (κ1) is 22.4. The van der Waals surface area contributed by atoms with Crippen molar-refractivity contribution in [2.24, 2.45) is 4.99 Å². The van der Waals surface area contributed by atoms with E-state index < -0.39 is 12.2 Å². The molecule has 3 rings (SSSR count). The second-order valence-electron chi connectivity index (χ2n) is 6.98. The number of guanidine groups is 1. The van der Waals surface area contributed by atoms with Gasteiger partial charge in [-0.15, -0.1) is 0 Å². The van der Waals surface area contributed by atoms with E-state index >= 15 is 0 Å². The van der Waals surface area contributed by atoms with E-state index in [0.717, 1.165) is 5.56 Å². The highest BCUT2D eigenvalue weighted by molar-refractivity contribution is 6.30. The number of aromatic nitrogens is 2. The predicted octanol–water partition coefficient (Wildman–Crippen LogP) is 3.08. The van der Waals surface area contributed by atoms with Crippen LogP contribution in [-0.2, 0) is 6.42 Å². The highest BCUT2D eigenvalue weighted by Gasteiger charge is 2.41. The van der Waals surface area contributed by atoms with Crippen molar-refractivity contribution in [3.8, 4) is 11.4 Å². The Morgan fingerprint density at radius 1 is 1.23 bits per heavy atom. The molecule has 0 spiro atoms. The molecule has 2 heterocycles. The summed E-state index contributed by atoms with van der Waals surface area (Å²) in [4.78, 5) is 12.0. The van der Waals surface area contributed by atoms with Crippen LogP contribution in [0.25, 0.3) is 11.4 Å². The fourth-order valence-electron chi connectivity index (χ4n) is 3.21. The zero-order chi connectivity index (χ0) is 21.7. The molecule has 2 aromatic rings. The maximum Gasteiger partial charge on any atom is 0.403 e. The molecule has 11 heteroatoms. The van der Waals surface area contributed by atoms with Crippen molar-refractivity contribution in [1.82, 2.24) is 25.3 Å². The van der Waals surface area contributed by atoms with E-state index in [0.29, 0.717) is 61.8 Å². The average molecular weight is 445 g/mol. The molecule has 0 aliphatic carbocycles. The third-order valence-electron chi connectivity index (χ3n) is 5.04. The topological polar surface area (TPSA) is 69.8 Å². The van der Waals surface area contributed by atoms with E-state index in [4.69, 9.17) is 16.1 Å². The molecule has 0 amide bonds. The molecule has 1 aliphatic heterocycles. The lowest BCUT2D eigenvalue weighted by Gasteiger charge is -2.39. The lowest BCUT2D eigenvalue weighted by atomic mass is 10.2. The van der Waals surface area contributed by atoms with E-state index in [-0.39, 0.29) is 0 Å². The molecule has 1 aromatic carbocycles. The van der Waals surface area contributed by atoms with Crippen molar-refractivity contribution >= 4 is 17.6 Å². The van der Waals surface area contributed by atoms with E-state index in [1.54, 1.807) is 19.2 Å². The zero-order valence-electron chi connectivity index (χ0n) is 16.8. The van der Waals surface area contributed by atoms with Gasteiger partial charge >= 0.3 is 6.18 Å². The molecule has 164 valence electrons. The van der Waals surface area contributed by atoms with Crippen LogP contribution in [0.1, 0.15) is 12.8 Å². The molecule has 1 atom stereocenters. The van der Waals surface area contributed by atoms with Crippen LogP contribution in [0, 0.1) is 0 Å². The number of piperazine rings is 1. The van der Waals surface area contributed by atoms with Gasteiger partial charge in [-0.2, -0.15) is 18.2 Å². The maximum atomic E-state index is 12.9. The Morgan fingerprint density at radius 2 is 1.90 bits per heavy atom. The Morgan fingerprint density at radius 3 is 2.50 bits per heavy atom. The van der Waals surface area contributed by atoms with E-state index in [9.17, 15) is 13.2 Å². The number of halogens is 4. The first-order valence-electron chi connectivity index (χ1n) is 9.63. The minimum absolute atomic E-state index is 0.329. The summed E-state index contributed by atoms with van der Waals surface area (Å²) < 4.78 is 44.0. The molecule has 1 aliphatic rings. The van der Waals surface area contributed by atoms with Gasteiger partial charge in [-0.05, 0) is 31.2 Å². The Balaban J connectivity index is 1.47. The first-order chi connectivity index (χ1) is 14.3. The summed E-state index contributed by atoms with van der Waals surface area (Å²) in [6, 6.07) is 5.70. The van der Waals surface area contributed by atoms with Gasteiger partial charge < -0.3 is 14.7 Å². The monoisotopic (exact) mass is 444 g/mol. The molecular formula is C19H24ClF3N6O. The molecule has 0 radical (unpaired) electrons. The molecular weight excluding hydrogens is 421 g/mol. The van der Waals surface area contributed by atoms with Crippen LogP contribution < -0.4 is 5.32 Å². The highest BCUT2D eigenvalue weighted by atomic mass is 35.5. The minimum Gasteiger partial charge on any atom is -0.356 e. The van der Waals surface area contributed by atoms with Crippen molar-refractivity contribution in [2.75, 3.05) is 39.8 Å². The molecule has 1 saturated heterocycles. The molecule has 7 nitrogen and oxygen atoms in total. The van der Waals surface area contributed by atoms with Crippen LogP contribution in [0.15, 0.2) is 33.8 Å². The quantitative estimate of drug-likeness (QED) is 0.564. The fourth-order valence-corrected chi connectivity index (χ4v) is 3.34. The minimum atomic E-state index is -4.21. The van der Waals surface area contributed by atoms with Gasteiger partial charge in [0, 0.05) is 56.8 Å². The summed E-state index contributed by atoms with van der Waals surface area (Å²) in [5.41, 5.74) is 0.809. The van der Waals surface area contributed by atoms with Gasteiger partial charge in [-0.25, -0.2) is 0 Å². The Kier molecular flexibility index (Phi) is 7.19. The summed E-state index contributed by atoms with van der Waals surface area (Å²) in [5.74, 6) is 1.61. The number of nitrogens with zero attached hydrogens (tertiary/aromatic N) is 5. The van der Waals surface area contributed by atoms with E-state index in [1.807, 2.05) is 17.0 Å². The van der Waals surface area contributed by atoms with Gasteiger partial charge in [-0.1, -0.05) is 16.8 Å². The van der Waals surface area contributed by atoms with Crippen molar-refractivity contribution in [2.45, 2.75) is 25.6 Å². The van der Waals surface area contributed by atoms with Gasteiger partial charge in [0.15, 0.2) is 5.96 Å². The number of benzene rings is 1. The summed E-state index contributed by atoms with van der Waals surface area (Å²) >= 11 is 5.88. The average Bonchev–Trinajstić information content (AvgIpc) is 3.19. The SMILES string of the molecule is CN=C(NCCc1nc(-c2ccc(Cl)cc2)no1)N1CCN(C(C)C(F)(F)F)CC1. The van der Waals surface area contributed by atoms with Gasteiger partial charge in [0.2, 0.25) is 11.7 Å². The maximum absolute atomic E-state index is 12.9. The Hall–Kier alpha value is -2.33. The van der Waals surface area contributed by atoms with Gasteiger partial charge in [0.05, 0.1) is 0 Å². The predicted molar refractivity (Wildman–Crippen MR) is 108 cm³/mol. The Labute approximate surface area is 177 Å². The van der Waals surface area contributed by atoms with Crippen molar-refractivity contribution < 1.29 is 17.7 Å². The van der Waals surface area contributed by atoms with E-state index in [1.165, 1.54) is 11.8 Å². The van der Waals surface area contributed by atoms with Crippen LogP contribution >= 0.6 is 11.6 Å². The van der Waals surface area contributed by atoms with Gasteiger partial charge in [-0.3, -0.25) is 9.89 Å². The summed E-state index contributed by atoms with van der Waals surface area (Å²) in [5, 5.41) is 7.81. The standard InChI is InChI=1S/C19H24ClF3N6O/c1-13(19(21,22)23)28-9-11-29(12-10-28)18(24-2)25-8-7-16-26-17(27-30-16)14-3-5-15(20)6-4-14/h3-6,13H,7-12H2,1-2H3,(H,24,25). The number of nitrogens with one attached hydrogen (secondary N) is 1. The normalized spacial score (nSPS) is 17.3. The lowest BCUT2D eigenvalue weighted by molar-refractivity contribution is -0.181. The third-order valence-corrected chi connectivity index (χ3v) is 5.29. The molecule has 1 aromatic heterocycles. The number of aliphatic imine (C=N–C) groups is 1. The highest BCUT2D eigenvalue weighted by Crippen LogP contribution is 2.25. The van der Waals surface area contributed by atoms with Crippen LogP contribution in [-0.4, -0.2) is 77.9 Å². The van der Waals surface area contributed by atoms with Crippen LogP contribution in [0.4, 0.5) is 13.2 Å².